The number of hydrogen-bond acceptors (Lipinski definition) is 4. The summed E-state index contributed by atoms with van der Waals surface area (Å²) in [7, 11) is 1.31. The number of hydrogen-bond donors (Lipinski definition) is 1. The molecule has 0 radical (unpaired) electrons. The van der Waals surface area contributed by atoms with E-state index in [1.54, 1.807) is 31.2 Å². The fourth-order valence-electron chi connectivity index (χ4n) is 3.15. The molecule has 1 unspecified atom stereocenters. The first kappa shape index (κ1) is 18.2. The number of carbonyl (C=O) groups excluding carboxylic acids is 2. The van der Waals surface area contributed by atoms with Gasteiger partial charge in [-0.3, -0.25) is 4.90 Å². The number of carbonyl (C=O) groups is 2. The summed E-state index contributed by atoms with van der Waals surface area (Å²) in [5.41, 5.74) is 2.93. The number of benzene rings is 2. The van der Waals surface area contributed by atoms with Crippen molar-refractivity contribution in [2.45, 2.75) is 19.5 Å². The van der Waals surface area contributed by atoms with E-state index in [1.807, 2.05) is 30.3 Å². The molecule has 2 amide bonds. The average Bonchev–Trinajstić information content (AvgIpc) is 2.71. The van der Waals surface area contributed by atoms with Crippen LogP contribution in [0, 0.1) is 11.3 Å². The van der Waals surface area contributed by atoms with Crippen molar-refractivity contribution in [1.29, 1.82) is 5.26 Å². The van der Waals surface area contributed by atoms with E-state index in [4.69, 9.17) is 10.00 Å². The van der Waals surface area contributed by atoms with Gasteiger partial charge in [-0.05, 0) is 30.2 Å². The lowest BCUT2D eigenvalue weighted by atomic mass is 9.93. The Morgan fingerprint density at radius 2 is 1.96 bits per heavy atom. The van der Waals surface area contributed by atoms with E-state index in [2.05, 4.69) is 11.4 Å². The molecule has 0 bridgehead atoms. The molecule has 0 saturated heterocycles. The van der Waals surface area contributed by atoms with E-state index < -0.39 is 12.0 Å². The van der Waals surface area contributed by atoms with Crippen LogP contribution in [0.2, 0.25) is 0 Å². The second-order valence-electron chi connectivity index (χ2n) is 6.18. The number of amides is 2. The predicted octanol–water partition coefficient (Wildman–Crippen LogP) is 3.27. The van der Waals surface area contributed by atoms with Crippen LogP contribution in [-0.4, -0.2) is 24.0 Å². The number of ether oxygens (including phenoxy) is 1. The van der Waals surface area contributed by atoms with Crippen molar-refractivity contribution in [3.63, 3.8) is 0 Å². The standard InChI is InChI=1S/C21H19N3O3/c1-14-18(20(25)27-2)19(17-10-6-9-16(11-17)12-22)23-21(26)24(14)13-15-7-4-3-5-8-15/h3-11,19H,13H2,1-2H3,(H,23,26). The SMILES string of the molecule is COC(=O)C1=C(C)N(Cc2ccccc2)C(=O)NC1c1cccc(C#N)c1. The van der Waals surface area contributed by atoms with Crippen LogP contribution in [0.25, 0.3) is 0 Å². The van der Waals surface area contributed by atoms with Gasteiger partial charge in [0.05, 0.1) is 36.9 Å². The molecule has 0 spiro atoms. The Labute approximate surface area is 157 Å². The minimum atomic E-state index is -0.676. The molecule has 1 heterocycles. The number of nitriles is 1. The number of allylic oxidation sites excluding steroid dienone is 1. The number of urea groups is 1. The summed E-state index contributed by atoms with van der Waals surface area (Å²) in [5, 5.41) is 12.0. The lowest BCUT2D eigenvalue weighted by Gasteiger charge is -2.35. The first-order chi connectivity index (χ1) is 13.0. The zero-order chi connectivity index (χ0) is 19.4. The molecule has 1 aliphatic heterocycles. The van der Waals surface area contributed by atoms with Gasteiger partial charge in [-0.15, -0.1) is 0 Å². The quantitative estimate of drug-likeness (QED) is 0.847. The molecular weight excluding hydrogens is 342 g/mol. The molecule has 6 nitrogen and oxygen atoms in total. The summed E-state index contributed by atoms with van der Waals surface area (Å²) in [4.78, 5) is 26.8. The van der Waals surface area contributed by atoms with Gasteiger partial charge in [-0.25, -0.2) is 9.59 Å². The fourth-order valence-corrected chi connectivity index (χ4v) is 3.15. The summed E-state index contributed by atoms with van der Waals surface area (Å²) in [6.45, 7) is 2.07. The third kappa shape index (κ3) is 3.67. The topological polar surface area (TPSA) is 82.4 Å². The molecule has 0 fully saturated rings. The molecule has 0 aliphatic carbocycles. The zero-order valence-corrected chi connectivity index (χ0v) is 15.1. The second kappa shape index (κ2) is 7.75. The van der Waals surface area contributed by atoms with Crippen LogP contribution in [0.5, 0.6) is 0 Å². The molecule has 136 valence electrons. The highest BCUT2D eigenvalue weighted by molar-refractivity contribution is 5.95. The Morgan fingerprint density at radius 3 is 2.63 bits per heavy atom. The van der Waals surface area contributed by atoms with Gasteiger partial charge >= 0.3 is 12.0 Å². The minimum Gasteiger partial charge on any atom is -0.466 e. The van der Waals surface area contributed by atoms with Crippen molar-refractivity contribution in [3.8, 4) is 6.07 Å². The van der Waals surface area contributed by atoms with Crippen LogP contribution in [0.15, 0.2) is 65.9 Å². The van der Waals surface area contributed by atoms with Crippen LogP contribution < -0.4 is 5.32 Å². The summed E-state index contributed by atoms with van der Waals surface area (Å²) in [6.07, 6.45) is 0. The highest BCUT2D eigenvalue weighted by Gasteiger charge is 2.36. The van der Waals surface area contributed by atoms with Crippen molar-refractivity contribution in [3.05, 3.63) is 82.6 Å². The summed E-state index contributed by atoms with van der Waals surface area (Å²) in [6, 6.07) is 17.4. The van der Waals surface area contributed by atoms with Crippen molar-refractivity contribution < 1.29 is 14.3 Å². The van der Waals surface area contributed by atoms with E-state index >= 15 is 0 Å². The van der Waals surface area contributed by atoms with E-state index in [0.717, 1.165) is 5.56 Å². The number of methoxy groups -OCH3 is 1. The third-order valence-corrected chi connectivity index (χ3v) is 4.53. The Balaban J connectivity index is 2.05. The van der Waals surface area contributed by atoms with E-state index in [-0.39, 0.29) is 6.03 Å². The van der Waals surface area contributed by atoms with Crippen molar-refractivity contribution in [1.82, 2.24) is 10.2 Å². The molecular formula is C21H19N3O3. The Morgan fingerprint density at radius 1 is 1.22 bits per heavy atom. The van der Waals surface area contributed by atoms with E-state index in [9.17, 15) is 9.59 Å². The molecule has 3 rings (SSSR count). The first-order valence-corrected chi connectivity index (χ1v) is 8.46. The fraction of sp³-hybridized carbons (Fsp3) is 0.190. The average molecular weight is 361 g/mol. The molecule has 0 saturated carbocycles. The van der Waals surface area contributed by atoms with Crippen LogP contribution in [0.1, 0.15) is 29.7 Å². The summed E-state index contributed by atoms with van der Waals surface area (Å²) in [5.74, 6) is -0.516. The van der Waals surface area contributed by atoms with Gasteiger partial charge in [0.1, 0.15) is 0 Å². The predicted molar refractivity (Wildman–Crippen MR) is 99.1 cm³/mol. The highest BCUT2D eigenvalue weighted by atomic mass is 16.5. The van der Waals surface area contributed by atoms with Gasteiger partial charge in [-0.1, -0.05) is 42.5 Å². The number of rotatable bonds is 4. The molecule has 0 aromatic heterocycles. The second-order valence-corrected chi connectivity index (χ2v) is 6.18. The van der Waals surface area contributed by atoms with Crippen molar-refractivity contribution in [2.24, 2.45) is 0 Å². The Kier molecular flexibility index (Phi) is 5.23. The number of esters is 1. The molecule has 1 N–H and O–H groups in total. The van der Waals surface area contributed by atoms with Crippen molar-refractivity contribution >= 4 is 12.0 Å². The van der Waals surface area contributed by atoms with E-state index in [1.165, 1.54) is 12.0 Å². The van der Waals surface area contributed by atoms with Crippen LogP contribution in [0.3, 0.4) is 0 Å². The normalized spacial score (nSPS) is 16.6. The molecule has 27 heavy (non-hydrogen) atoms. The maximum Gasteiger partial charge on any atom is 0.337 e. The van der Waals surface area contributed by atoms with Crippen LogP contribution in [0.4, 0.5) is 4.79 Å². The molecule has 1 atom stereocenters. The molecule has 1 aliphatic rings. The van der Waals surface area contributed by atoms with Gasteiger partial charge in [-0.2, -0.15) is 5.26 Å². The lowest BCUT2D eigenvalue weighted by molar-refractivity contribution is -0.136. The Bertz CT molecular complexity index is 945. The van der Waals surface area contributed by atoms with Gasteiger partial charge in [0.15, 0.2) is 0 Å². The van der Waals surface area contributed by atoms with Crippen LogP contribution in [-0.2, 0) is 16.1 Å². The lowest BCUT2D eigenvalue weighted by Crippen LogP contribution is -2.47. The summed E-state index contributed by atoms with van der Waals surface area (Å²) >= 11 is 0. The smallest absolute Gasteiger partial charge is 0.337 e. The molecule has 2 aromatic carbocycles. The van der Waals surface area contributed by atoms with Gasteiger partial charge in [0.2, 0.25) is 0 Å². The summed E-state index contributed by atoms with van der Waals surface area (Å²) < 4.78 is 4.96. The third-order valence-electron chi connectivity index (χ3n) is 4.53. The number of nitrogens with zero attached hydrogens (tertiary/aromatic N) is 2. The monoisotopic (exact) mass is 361 g/mol. The maximum atomic E-state index is 12.8. The van der Waals surface area contributed by atoms with Crippen LogP contribution >= 0.6 is 0 Å². The maximum absolute atomic E-state index is 12.8. The van der Waals surface area contributed by atoms with Gasteiger partial charge < -0.3 is 10.1 Å². The highest BCUT2D eigenvalue weighted by Crippen LogP contribution is 2.32. The largest absolute Gasteiger partial charge is 0.466 e. The van der Waals surface area contributed by atoms with E-state index in [0.29, 0.717) is 28.9 Å². The zero-order valence-electron chi connectivity index (χ0n) is 15.1. The van der Waals surface area contributed by atoms with Crippen molar-refractivity contribution in [2.75, 3.05) is 7.11 Å². The molecule has 2 aromatic rings. The molecule has 6 heteroatoms. The number of nitrogens with one attached hydrogen (secondary N) is 1. The minimum absolute atomic E-state index is 0.309. The van der Waals surface area contributed by atoms with Gasteiger partial charge in [0.25, 0.3) is 0 Å². The van der Waals surface area contributed by atoms with Gasteiger partial charge in [0, 0.05) is 5.70 Å². The first-order valence-electron chi connectivity index (χ1n) is 8.46. The Hall–Kier alpha value is -3.59.